The number of rotatable bonds is 7. The number of nitrogens with zero attached hydrogens (tertiary/aromatic N) is 2. The molecular formula is C26H29N3O. The third kappa shape index (κ3) is 5.28. The molecule has 1 N–H and O–H groups in total. The lowest BCUT2D eigenvalue weighted by Gasteiger charge is -2.36. The molecule has 3 aromatic rings. The van der Waals surface area contributed by atoms with Gasteiger partial charge in [0.15, 0.2) is 0 Å². The highest BCUT2D eigenvalue weighted by Gasteiger charge is 2.16. The Morgan fingerprint density at radius 2 is 1.33 bits per heavy atom. The van der Waals surface area contributed by atoms with Crippen molar-refractivity contribution in [2.75, 3.05) is 44.2 Å². The van der Waals surface area contributed by atoms with Crippen molar-refractivity contribution < 1.29 is 4.79 Å². The zero-order valence-corrected chi connectivity index (χ0v) is 17.3. The molecule has 0 aromatic heterocycles. The van der Waals surface area contributed by atoms with E-state index >= 15 is 0 Å². The highest BCUT2D eigenvalue weighted by molar-refractivity contribution is 5.94. The molecule has 3 aromatic carbocycles. The van der Waals surface area contributed by atoms with Crippen molar-refractivity contribution in [2.24, 2.45) is 0 Å². The molecule has 4 rings (SSSR count). The van der Waals surface area contributed by atoms with Gasteiger partial charge in [-0.1, -0.05) is 60.7 Å². The van der Waals surface area contributed by atoms with Crippen LogP contribution in [0, 0.1) is 0 Å². The predicted molar refractivity (Wildman–Crippen MR) is 124 cm³/mol. The van der Waals surface area contributed by atoms with Crippen molar-refractivity contribution in [2.45, 2.75) is 6.42 Å². The first kappa shape index (κ1) is 20.2. The SMILES string of the molecule is O=C(NCCCN1CCN(c2ccccc2)CC1)c1ccc(-c2ccccc2)cc1. The second kappa shape index (κ2) is 10.1. The van der Waals surface area contributed by atoms with Gasteiger partial charge in [0, 0.05) is 44.0 Å². The minimum absolute atomic E-state index is 0.00325. The highest BCUT2D eigenvalue weighted by Crippen LogP contribution is 2.19. The molecule has 0 radical (unpaired) electrons. The summed E-state index contributed by atoms with van der Waals surface area (Å²) in [5, 5.41) is 3.06. The monoisotopic (exact) mass is 399 g/mol. The third-order valence-corrected chi connectivity index (χ3v) is 5.68. The molecule has 30 heavy (non-hydrogen) atoms. The van der Waals surface area contributed by atoms with Crippen LogP contribution in [0.2, 0.25) is 0 Å². The van der Waals surface area contributed by atoms with Gasteiger partial charge in [-0.25, -0.2) is 0 Å². The first-order chi connectivity index (χ1) is 14.8. The number of hydrogen-bond acceptors (Lipinski definition) is 3. The van der Waals surface area contributed by atoms with Gasteiger partial charge in [-0.3, -0.25) is 9.69 Å². The third-order valence-electron chi connectivity index (χ3n) is 5.68. The number of carbonyl (C=O) groups excluding carboxylic acids is 1. The number of benzene rings is 3. The molecular weight excluding hydrogens is 370 g/mol. The Bertz CT molecular complexity index is 918. The summed E-state index contributed by atoms with van der Waals surface area (Å²) < 4.78 is 0. The van der Waals surface area contributed by atoms with E-state index < -0.39 is 0 Å². The second-order valence-corrected chi connectivity index (χ2v) is 7.72. The first-order valence-corrected chi connectivity index (χ1v) is 10.8. The predicted octanol–water partition coefficient (Wildman–Crippen LogP) is 4.30. The number of nitrogens with one attached hydrogen (secondary N) is 1. The fourth-order valence-corrected chi connectivity index (χ4v) is 3.92. The number of para-hydroxylation sites is 1. The van der Waals surface area contributed by atoms with Gasteiger partial charge in [0.25, 0.3) is 5.91 Å². The molecule has 1 aliphatic heterocycles. The zero-order chi connectivity index (χ0) is 20.6. The zero-order valence-electron chi connectivity index (χ0n) is 17.3. The highest BCUT2D eigenvalue weighted by atomic mass is 16.1. The quantitative estimate of drug-likeness (QED) is 0.602. The number of carbonyl (C=O) groups is 1. The van der Waals surface area contributed by atoms with Gasteiger partial charge < -0.3 is 10.2 Å². The van der Waals surface area contributed by atoms with Crippen LogP contribution in [-0.2, 0) is 0 Å². The summed E-state index contributed by atoms with van der Waals surface area (Å²) >= 11 is 0. The lowest BCUT2D eigenvalue weighted by molar-refractivity contribution is 0.0951. The Hall–Kier alpha value is -3.11. The van der Waals surface area contributed by atoms with Crippen molar-refractivity contribution in [3.8, 4) is 11.1 Å². The summed E-state index contributed by atoms with van der Waals surface area (Å²) in [4.78, 5) is 17.3. The molecule has 1 fully saturated rings. The molecule has 4 nitrogen and oxygen atoms in total. The smallest absolute Gasteiger partial charge is 0.251 e. The first-order valence-electron chi connectivity index (χ1n) is 10.8. The molecule has 1 amide bonds. The van der Waals surface area contributed by atoms with E-state index in [0.717, 1.165) is 50.3 Å². The summed E-state index contributed by atoms with van der Waals surface area (Å²) in [7, 11) is 0. The molecule has 154 valence electrons. The molecule has 1 saturated heterocycles. The molecule has 0 bridgehead atoms. The van der Waals surface area contributed by atoms with E-state index in [4.69, 9.17) is 0 Å². The molecule has 1 aliphatic rings. The summed E-state index contributed by atoms with van der Waals surface area (Å²) in [5.41, 5.74) is 4.31. The van der Waals surface area contributed by atoms with Crippen LogP contribution in [0.15, 0.2) is 84.9 Å². The van der Waals surface area contributed by atoms with E-state index in [2.05, 4.69) is 57.6 Å². The van der Waals surface area contributed by atoms with Crippen molar-refractivity contribution in [1.82, 2.24) is 10.2 Å². The van der Waals surface area contributed by atoms with E-state index in [-0.39, 0.29) is 5.91 Å². The van der Waals surface area contributed by atoms with E-state index in [9.17, 15) is 4.79 Å². The Labute approximate surface area is 179 Å². The lowest BCUT2D eigenvalue weighted by Crippen LogP contribution is -2.47. The van der Waals surface area contributed by atoms with E-state index in [1.807, 2.05) is 42.5 Å². The van der Waals surface area contributed by atoms with Crippen LogP contribution in [0.1, 0.15) is 16.8 Å². The summed E-state index contributed by atoms with van der Waals surface area (Å²) in [6.45, 7) is 6.00. The van der Waals surface area contributed by atoms with Gasteiger partial charge in [0.1, 0.15) is 0 Å². The minimum Gasteiger partial charge on any atom is -0.369 e. The molecule has 0 saturated carbocycles. The van der Waals surface area contributed by atoms with Crippen molar-refractivity contribution in [3.05, 3.63) is 90.5 Å². The average molecular weight is 400 g/mol. The fraction of sp³-hybridized carbons (Fsp3) is 0.269. The second-order valence-electron chi connectivity index (χ2n) is 7.72. The van der Waals surface area contributed by atoms with Crippen molar-refractivity contribution in [3.63, 3.8) is 0 Å². The van der Waals surface area contributed by atoms with Gasteiger partial charge in [0.05, 0.1) is 0 Å². The number of anilines is 1. The fourth-order valence-electron chi connectivity index (χ4n) is 3.92. The maximum Gasteiger partial charge on any atom is 0.251 e. The lowest BCUT2D eigenvalue weighted by atomic mass is 10.0. The average Bonchev–Trinajstić information content (AvgIpc) is 2.83. The van der Waals surface area contributed by atoms with Crippen LogP contribution in [0.4, 0.5) is 5.69 Å². The standard InChI is InChI=1S/C26H29N3O/c30-26(24-14-12-23(13-15-24)22-8-3-1-4-9-22)27-16-7-17-28-18-20-29(21-19-28)25-10-5-2-6-11-25/h1-6,8-15H,7,16-21H2,(H,27,30). The number of amides is 1. The van der Waals surface area contributed by atoms with Gasteiger partial charge in [0.2, 0.25) is 0 Å². The number of piperazine rings is 1. The molecule has 1 heterocycles. The Morgan fingerprint density at radius 3 is 2.00 bits per heavy atom. The summed E-state index contributed by atoms with van der Waals surface area (Å²) in [5.74, 6) is 0.00325. The molecule has 0 atom stereocenters. The normalized spacial score (nSPS) is 14.5. The van der Waals surface area contributed by atoms with Crippen LogP contribution in [0.25, 0.3) is 11.1 Å². The van der Waals surface area contributed by atoms with Crippen molar-refractivity contribution in [1.29, 1.82) is 0 Å². The maximum atomic E-state index is 12.4. The van der Waals surface area contributed by atoms with Crippen LogP contribution < -0.4 is 10.2 Å². The Kier molecular flexibility index (Phi) is 6.78. The van der Waals surface area contributed by atoms with E-state index in [1.165, 1.54) is 5.69 Å². The van der Waals surface area contributed by atoms with E-state index in [0.29, 0.717) is 12.1 Å². The van der Waals surface area contributed by atoms with Gasteiger partial charge in [-0.05, 0) is 48.4 Å². The van der Waals surface area contributed by atoms with Gasteiger partial charge in [-0.2, -0.15) is 0 Å². The van der Waals surface area contributed by atoms with Gasteiger partial charge in [-0.15, -0.1) is 0 Å². The molecule has 0 unspecified atom stereocenters. The molecule has 4 heteroatoms. The van der Waals surface area contributed by atoms with Crippen LogP contribution in [0.3, 0.4) is 0 Å². The molecule has 0 spiro atoms. The Morgan fingerprint density at radius 1 is 0.733 bits per heavy atom. The van der Waals surface area contributed by atoms with Gasteiger partial charge >= 0.3 is 0 Å². The Balaban J connectivity index is 1.17. The van der Waals surface area contributed by atoms with Crippen LogP contribution >= 0.6 is 0 Å². The van der Waals surface area contributed by atoms with Crippen molar-refractivity contribution >= 4 is 11.6 Å². The molecule has 0 aliphatic carbocycles. The van der Waals surface area contributed by atoms with Crippen LogP contribution in [-0.4, -0.2) is 50.1 Å². The summed E-state index contributed by atoms with van der Waals surface area (Å²) in [6, 6.07) is 28.7. The minimum atomic E-state index is 0.00325. The maximum absolute atomic E-state index is 12.4. The number of hydrogen-bond donors (Lipinski definition) is 1. The largest absolute Gasteiger partial charge is 0.369 e. The summed E-state index contributed by atoms with van der Waals surface area (Å²) in [6.07, 6.45) is 0.971. The van der Waals surface area contributed by atoms with Crippen LogP contribution in [0.5, 0.6) is 0 Å². The topological polar surface area (TPSA) is 35.6 Å². The van der Waals surface area contributed by atoms with E-state index in [1.54, 1.807) is 0 Å².